The van der Waals surface area contributed by atoms with Gasteiger partial charge in [-0.2, -0.15) is 0 Å². The van der Waals surface area contributed by atoms with Gasteiger partial charge >= 0.3 is 316 Å². The van der Waals surface area contributed by atoms with Crippen molar-refractivity contribution in [3.63, 3.8) is 0 Å². The molecule has 0 radical (unpaired) electrons. The summed E-state index contributed by atoms with van der Waals surface area (Å²) in [4.78, 5) is 22.8. The van der Waals surface area contributed by atoms with Crippen molar-refractivity contribution in [2.24, 2.45) is 0 Å². The first-order chi connectivity index (χ1) is 24.8. The van der Waals surface area contributed by atoms with Crippen LogP contribution in [0.5, 0.6) is 0 Å². The van der Waals surface area contributed by atoms with Crippen molar-refractivity contribution in [3.05, 3.63) is 0 Å². The molecule has 0 saturated carbocycles. The van der Waals surface area contributed by atoms with Gasteiger partial charge in [0.1, 0.15) is 0 Å². The van der Waals surface area contributed by atoms with E-state index in [1.165, 1.54) is 84.6 Å². The van der Waals surface area contributed by atoms with Crippen molar-refractivity contribution in [1.82, 2.24) is 0 Å². The fourth-order valence-electron chi connectivity index (χ4n) is 4.23. The number of rotatable bonds is 32. The Morgan fingerprint density at radius 1 is 0.226 bits per heavy atom. The standard InChI is InChI=1S/4C7H16O6.Ti/c4*1-6(9-2,10-3)7(11-4,12-5)13-8;/h4*8H,1-5H3;/q;;;;+4/p-4. The van der Waals surface area contributed by atoms with Crippen LogP contribution in [0.15, 0.2) is 0 Å². The van der Waals surface area contributed by atoms with Crippen molar-refractivity contribution in [2.75, 3.05) is 114 Å². The summed E-state index contributed by atoms with van der Waals surface area (Å²) in [5, 5.41) is 0. The first kappa shape index (κ1) is 52.8. The first-order valence-corrected chi connectivity index (χ1v) is 17.6. The Morgan fingerprint density at radius 3 is 0.453 bits per heavy atom. The second-order valence-corrected chi connectivity index (χ2v) is 13.0. The van der Waals surface area contributed by atoms with Crippen molar-refractivity contribution in [2.45, 2.75) is 74.7 Å². The fourth-order valence-corrected chi connectivity index (χ4v) is 5.81. The molecule has 0 spiro atoms. The van der Waals surface area contributed by atoms with E-state index in [0.717, 1.165) is 56.9 Å². The fraction of sp³-hybridized carbons (Fsp3) is 1.00. The van der Waals surface area contributed by atoms with Gasteiger partial charge in [-0.1, -0.05) is 0 Å². The Labute approximate surface area is 315 Å². The van der Waals surface area contributed by atoms with E-state index in [4.69, 9.17) is 109 Å². The molecule has 0 aliphatic rings. The van der Waals surface area contributed by atoms with Gasteiger partial charge in [0, 0.05) is 0 Å². The van der Waals surface area contributed by atoms with Crippen LogP contribution in [0.2, 0.25) is 0 Å². The molecule has 0 aliphatic heterocycles. The van der Waals surface area contributed by atoms with Crippen LogP contribution in [0.25, 0.3) is 0 Å². The maximum absolute atomic E-state index is 6.51. The maximum atomic E-state index is 5.78. The molecule has 0 N–H and O–H groups in total. The summed E-state index contributed by atoms with van der Waals surface area (Å²) in [6.07, 6.45) is 0. The molecule has 0 atom stereocenters. The van der Waals surface area contributed by atoms with Crippen LogP contribution in [-0.4, -0.2) is 161 Å². The molecule has 0 bridgehead atoms. The van der Waals surface area contributed by atoms with Gasteiger partial charge in [-0.15, -0.1) is 0 Å². The van der Waals surface area contributed by atoms with Crippen LogP contribution < -0.4 is 0 Å². The number of ether oxygens (including phenoxy) is 16. The average Bonchev–Trinajstić information content (AvgIpc) is 3.21. The van der Waals surface area contributed by atoms with Crippen molar-refractivity contribution < 1.29 is 127 Å². The summed E-state index contributed by atoms with van der Waals surface area (Å²) < 4.78 is 111. The topological polar surface area (TPSA) is 222 Å². The monoisotopic (exact) mass is 828 g/mol. The van der Waals surface area contributed by atoms with Crippen molar-refractivity contribution >= 4 is 0 Å². The Morgan fingerprint density at radius 2 is 0.358 bits per heavy atom. The first-order valence-electron chi connectivity index (χ1n) is 15.1. The molecule has 0 heterocycles. The molecule has 53 heavy (non-hydrogen) atoms. The van der Waals surface area contributed by atoms with Crippen LogP contribution in [-0.2, 0) is 127 Å². The minimum atomic E-state index is -6.51. The molecular formula is C28H60O24Ti. The zero-order valence-corrected chi connectivity index (χ0v) is 35.9. The Kier molecular flexibility index (Phi) is 21.9. The second kappa shape index (κ2) is 22.1. The molecule has 0 fully saturated rings. The quantitative estimate of drug-likeness (QED) is 0.0405. The molecule has 0 saturated heterocycles. The van der Waals surface area contributed by atoms with Crippen LogP contribution in [0.1, 0.15) is 27.7 Å². The van der Waals surface area contributed by atoms with E-state index in [2.05, 4.69) is 0 Å². The van der Waals surface area contributed by atoms with Gasteiger partial charge in [0.15, 0.2) is 0 Å². The molecule has 0 aromatic heterocycles. The third-order valence-corrected chi connectivity index (χ3v) is 10.3. The van der Waals surface area contributed by atoms with Crippen LogP contribution in [0.4, 0.5) is 0 Å². The van der Waals surface area contributed by atoms with Crippen LogP contribution >= 0.6 is 0 Å². The van der Waals surface area contributed by atoms with Crippen LogP contribution in [0, 0.1) is 0 Å². The molecule has 320 valence electrons. The molecule has 0 aromatic rings. The summed E-state index contributed by atoms with van der Waals surface area (Å²) >= 11 is -6.51. The van der Waals surface area contributed by atoms with E-state index >= 15 is 0 Å². The normalized spacial score (nSPS) is 14.7. The minimum absolute atomic E-state index is 1.15. The van der Waals surface area contributed by atoms with E-state index in [-0.39, 0.29) is 0 Å². The number of methoxy groups -OCH3 is 16. The van der Waals surface area contributed by atoms with Crippen molar-refractivity contribution in [1.29, 1.82) is 0 Å². The molecule has 24 nitrogen and oxygen atoms in total. The molecule has 0 unspecified atom stereocenters. The molecule has 25 heteroatoms. The van der Waals surface area contributed by atoms with Gasteiger partial charge < -0.3 is 0 Å². The Hall–Kier alpha value is -0.246. The third kappa shape index (κ3) is 10.3. The zero-order valence-electron chi connectivity index (χ0n) is 34.3. The summed E-state index contributed by atoms with van der Waals surface area (Å²) in [6.45, 7) is 5.45. The molecule has 0 aromatic carbocycles. The van der Waals surface area contributed by atoms with Gasteiger partial charge in [0.2, 0.25) is 0 Å². The van der Waals surface area contributed by atoms with Gasteiger partial charge in [-0.05, 0) is 0 Å². The van der Waals surface area contributed by atoms with Gasteiger partial charge in [-0.25, -0.2) is 0 Å². The summed E-state index contributed by atoms with van der Waals surface area (Å²) in [7, 11) is 19.2. The molecular weight excluding hydrogens is 768 g/mol. The van der Waals surface area contributed by atoms with E-state index < -0.39 is 65.2 Å². The predicted octanol–water partition coefficient (Wildman–Crippen LogP) is 1.42. The molecule has 0 amide bonds. The van der Waals surface area contributed by atoms with E-state index in [9.17, 15) is 0 Å². The molecule has 0 aliphatic carbocycles. The van der Waals surface area contributed by atoms with Gasteiger partial charge in [-0.3, -0.25) is 0 Å². The SMILES string of the molecule is COC(C)(OC)C(OC)(OC)O[O][Ti]([O]OC(OC)(OC)C(C)(OC)OC)([O]OC(OC)(OC)C(C)(OC)OC)[O]OC(OC)(OC)C(C)(OC)OC. The second-order valence-electron chi connectivity index (χ2n) is 10.4. The summed E-state index contributed by atoms with van der Waals surface area (Å²) in [5.41, 5.74) is 0. The Balaban J connectivity index is 8.05. The van der Waals surface area contributed by atoms with Crippen LogP contribution in [0.3, 0.4) is 0 Å². The molecule has 0 rings (SSSR count). The number of hydrogen-bond donors (Lipinski definition) is 0. The van der Waals surface area contributed by atoms with E-state index in [1.54, 1.807) is 0 Å². The van der Waals surface area contributed by atoms with Crippen molar-refractivity contribution in [3.8, 4) is 0 Å². The predicted molar refractivity (Wildman–Crippen MR) is 165 cm³/mol. The summed E-state index contributed by atoms with van der Waals surface area (Å²) in [6, 6.07) is 0. The van der Waals surface area contributed by atoms with Gasteiger partial charge in [0.25, 0.3) is 0 Å². The Bertz CT molecular complexity index is 832. The number of hydrogen-bond acceptors (Lipinski definition) is 24. The third-order valence-electron chi connectivity index (χ3n) is 8.50. The average molecular weight is 829 g/mol. The van der Waals surface area contributed by atoms with E-state index in [0.29, 0.717) is 0 Å². The van der Waals surface area contributed by atoms with Gasteiger partial charge in [0.05, 0.1) is 0 Å². The summed E-state index contributed by atoms with van der Waals surface area (Å²) in [5.74, 6) is -17.5. The zero-order chi connectivity index (χ0) is 41.5. The van der Waals surface area contributed by atoms with E-state index in [1.807, 2.05) is 0 Å².